The number of halogens is 3. The highest BCUT2D eigenvalue weighted by Crippen LogP contribution is 2.54. The first kappa shape index (κ1) is 22.8. The fourth-order valence-electron chi connectivity index (χ4n) is 6.60. The van der Waals surface area contributed by atoms with Gasteiger partial charge in [0.1, 0.15) is 6.10 Å². The number of fused-ring (bicyclic) bond motifs is 2. The second-order valence-corrected chi connectivity index (χ2v) is 10.7. The fourth-order valence-corrected chi connectivity index (χ4v) is 6.60. The number of allylic oxidation sites excluding steroid dienone is 1. The summed E-state index contributed by atoms with van der Waals surface area (Å²) in [6.07, 6.45) is 2.58. The molecule has 180 valence electrons. The first-order chi connectivity index (χ1) is 15.6. The molecule has 0 spiro atoms. The number of carbonyl (C=O) groups excluding carboxylic acids is 1. The third kappa shape index (κ3) is 4.29. The molecule has 4 aliphatic rings. The maximum atomic E-state index is 13.1. The highest BCUT2D eigenvalue weighted by molar-refractivity contribution is 5.76. The van der Waals surface area contributed by atoms with E-state index in [4.69, 9.17) is 4.74 Å². The van der Waals surface area contributed by atoms with Crippen molar-refractivity contribution in [3.8, 4) is 0 Å². The Labute approximate surface area is 193 Å². The number of esters is 1. The van der Waals surface area contributed by atoms with E-state index in [0.29, 0.717) is 31.2 Å². The molecule has 33 heavy (non-hydrogen) atoms. The van der Waals surface area contributed by atoms with Crippen molar-refractivity contribution in [1.29, 1.82) is 0 Å². The minimum absolute atomic E-state index is 0.0204. The Morgan fingerprint density at radius 1 is 1.18 bits per heavy atom. The molecular formula is C26H33F3N2O2. The largest absolute Gasteiger partial charge is 0.461 e. The lowest BCUT2D eigenvalue weighted by Gasteiger charge is -2.46. The summed E-state index contributed by atoms with van der Waals surface area (Å²) >= 11 is 0. The van der Waals surface area contributed by atoms with Crippen LogP contribution >= 0.6 is 0 Å². The molecule has 0 amide bonds. The van der Waals surface area contributed by atoms with Gasteiger partial charge in [-0.15, -0.1) is 0 Å². The molecule has 1 aromatic carbocycles. The predicted molar refractivity (Wildman–Crippen MR) is 121 cm³/mol. The molecule has 0 aromatic heterocycles. The molecule has 0 bridgehead atoms. The van der Waals surface area contributed by atoms with Gasteiger partial charge in [0.2, 0.25) is 0 Å². The molecule has 1 aromatic rings. The summed E-state index contributed by atoms with van der Waals surface area (Å²) in [5.41, 5.74) is 1.67. The van der Waals surface area contributed by atoms with Gasteiger partial charge in [-0.25, -0.2) is 0 Å². The molecule has 2 heterocycles. The molecule has 1 saturated carbocycles. The second-order valence-electron chi connectivity index (χ2n) is 10.7. The summed E-state index contributed by atoms with van der Waals surface area (Å²) in [5.74, 6) is 0.470. The molecule has 2 aliphatic carbocycles. The number of alkyl halides is 3. The zero-order valence-electron chi connectivity index (χ0n) is 19.4. The van der Waals surface area contributed by atoms with Crippen LogP contribution in [0.2, 0.25) is 0 Å². The zero-order valence-corrected chi connectivity index (χ0v) is 19.4. The van der Waals surface area contributed by atoms with Crippen molar-refractivity contribution in [2.24, 2.45) is 23.2 Å². The smallest absolute Gasteiger partial charge is 0.416 e. The van der Waals surface area contributed by atoms with Crippen LogP contribution in [0.1, 0.15) is 45.1 Å². The van der Waals surface area contributed by atoms with E-state index >= 15 is 0 Å². The zero-order chi connectivity index (χ0) is 23.4. The van der Waals surface area contributed by atoms with E-state index in [2.05, 4.69) is 24.8 Å². The lowest BCUT2D eigenvalue weighted by Crippen LogP contribution is -2.49. The van der Waals surface area contributed by atoms with E-state index < -0.39 is 11.7 Å². The van der Waals surface area contributed by atoms with Gasteiger partial charge in [-0.3, -0.25) is 9.69 Å². The number of ether oxygens (including phenoxy) is 1. The van der Waals surface area contributed by atoms with Crippen molar-refractivity contribution >= 4 is 11.7 Å². The van der Waals surface area contributed by atoms with Crippen LogP contribution in [0.3, 0.4) is 0 Å². The molecule has 0 N–H and O–H groups in total. The summed E-state index contributed by atoms with van der Waals surface area (Å²) in [6.45, 7) is 8.04. The molecule has 5 rings (SSSR count). The van der Waals surface area contributed by atoms with Gasteiger partial charge in [0.05, 0.1) is 11.5 Å². The number of hydrogen-bond acceptors (Lipinski definition) is 4. The van der Waals surface area contributed by atoms with E-state index in [9.17, 15) is 18.0 Å². The fraction of sp³-hybridized carbons (Fsp3) is 0.654. The van der Waals surface area contributed by atoms with Crippen molar-refractivity contribution in [2.75, 3.05) is 37.6 Å². The predicted octanol–water partition coefficient (Wildman–Crippen LogP) is 5.14. The molecule has 4 nitrogen and oxygen atoms in total. The topological polar surface area (TPSA) is 32.8 Å². The van der Waals surface area contributed by atoms with Crippen LogP contribution < -0.4 is 4.90 Å². The Morgan fingerprint density at radius 3 is 2.67 bits per heavy atom. The maximum Gasteiger partial charge on any atom is 0.416 e. The van der Waals surface area contributed by atoms with Gasteiger partial charge in [-0.05, 0) is 48.8 Å². The molecule has 7 heteroatoms. The summed E-state index contributed by atoms with van der Waals surface area (Å²) in [5, 5.41) is 0. The average molecular weight is 463 g/mol. The quantitative estimate of drug-likeness (QED) is 0.460. The van der Waals surface area contributed by atoms with Crippen LogP contribution in [-0.4, -0.2) is 49.7 Å². The van der Waals surface area contributed by atoms with E-state index in [1.54, 1.807) is 6.07 Å². The Bertz CT molecular complexity index is 938. The summed E-state index contributed by atoms with van der Waals surface area (Å²) in [6, 6.07) is 5.54. The normalized spacial score (nSPS) is 35.0. The number of piperazine rings is 1. The van der Waals surface area contributed by atoms with E-state index in [0.717, 1.165) is 25.6 Å². The Morgan fingerprint density at radius 2 is 1.94 bits per heavy atom. The lowest BCUT2D eigenvalue weighted by atomic mass is 9.59. The van der Waals surface area contributed by atoms with Gasteiger partial charge < -0.3 is 9.64 Å². The van der Waals surface area contributed by atoms with E-state index in [-0.39, 0.29) is 29.3 Å². The van der Waals surface area contributed by atoms with Crippen molar-refractivity contribution in [3.63, 3.8) is 0 Å². The monoisotopic (exact) mass is 462 g/mol. The molecule has 0 unspecified atom stereocenters. The first-order valence-electron chi connectivity index (χ1n) is 12.2. The van der Waals surface area contributed by atoms with E-state index in [1.807, 2.05) is 4.90 Å². The number of rotatable bonds is 3. The standard InChI is InChI=1S/C26H33F3N2O2/c1-17-5-4-8-25(2)15-23-20(14-22(17)25)21(24(32)33-23)16-30-9-11-31(12-10-30)19-7-3-6-18(13-19)26(27,28)29/h3,6-7,13-14,17,20-21,23H,4-5,8-12,15-16H2,1-2H3/t17-,20-,21-,23+,25-/m1/s1. The minimum atomic E-state index is -4.34. The van der Waals surface area contributed by atoms with Crippen molar-refractivity contribution in [1.82, 2.24) is 4.90 Å². The Balaban J connectivity index is 1.24. The maximum absolute atomic E-state index is 13.1. The number of carbonyl (C=O) groups is 1. The summed E-state index contributed by atoms with van der Waals surface area (Å²) in [4.78, 5) is 17.1. The number of anilines is 1. The van der Waals surface area contributed by atoms with Crippen LogP contribution in [0, 0.1) is 23.2 Å². The Kier molecular flexibility index (Phi) is 5.74. The van der Waals surface area contributed by atoms with E-state index in [1.165, 1.54) is 37.0 Å². The number of benzene rings is 1. The first-order valence-corrected chi connectivity index (χ1v) is 12.2. The molecule has 2 saturated heterocycles. The second kappa shape index (κ2) is 8.33. The van der Waals surface area contributed by atoms with Gasteiger partial charge in [-0.2, -0.15) is 13.2 Å². The van der Waals surface area contributed by atoms with Gasteiger partial charge in [0.25, 0.3) is 0 Å². The van der Waals surface area contributed by atoms with Crippen LogP contribution in [0.15, 0.2) is 35.9 Å². The highest BCUT2D eigenvalue weighted by atomic mass is 19.4. The lowest BCUT2D eigenvalue weighted by molar-refractivity contribution is -0.145. The third-order valence-electron chi connectivity index (χ3n) is 8.45. The van der Waals surface area contributed by atoms with Crippen LogP contribution in [0.4, 0.5) is 18.9 Å². The SMILES string of the molecule is C[C@@H]1CCC[C@]2(C)C[C@@H]3OC(=O)[C@H](CN4CCN(c5cccc(C(F)(F)F)c5)CC4)[C@H]3C=C12. The number of nitrogens with zero attached hydrogens (tertiary/aromatic N) is 2. The summed E-state index contributed by atoms with van der Waals surface area (Å²) in [7, 11) is 0. The highest BCUT2D eigenvalue weighted by Gasteiger charge is 2.52. The van der Waals surface area contributed by atoms with Crippen molar-refractivity contribution in [2.45, 2.75) is 51.8 Å². The molecule has 2 aliphatic heterocycles. The van der Waals surface area contributed by atoms with Crippen molar-refractivity contribution < 1.29 is 22.7 Å². The van der Waals surface area contributed by atoms with Crippen LogP contribution in [0.5, 0.6) is 0 Å². The summed E-state index contributed by atoms with van der Waals surface area (Å²) < 4.78 is 45.1. The van der Waals surface area contributed by atoms with Gasteiger partial charge >= 0.3 is 12.1 Å². The molecule has 0 radical (unpaired) electrons. The van der Waals surface area contributed by atoms with Crippen LogP contribution in [-0.2, 0) is 15.7 Å². The molecule has 5 atom stereocenters. The minimum Gasteiger partial charge on any atom is -0.461 e. The van der Waals surface area contributed by atoms with Gasteiger partial charge in [-0.1, -0.05) is 38.0 Å². The third-order valence-corrected chi connectivity index (χ3v) is 8.45. The van der Waals surface area contributed by atoms with Crippen molar-refractivity contribution in [3.05, 3.63) is 41.5 Å². The molecule has 3 fully saturated rings. The van der Waals surface area contributed by atoms with Gasteiger partial charge in [0, 0.05) is 44.3 Å². The average Bonchev–Trinajstić information content (AvgIpc) is 3.06. The Hall–Kier alpha value is -2.02. The van der Waals surface area contributed by atoms with Crippen LogP contribution in [0.25, 0.3) is 0 Å². The van der Waals surface area contributed by atoms with Gasteiger partial charge in [0.15, 0.2) is 0 Å². The molecular weight excluding hydrogens is 429 g/mol. The number of hydrogen-bond donors (Lipinski definition) is 0.